The van der Waals surface area contributed by atoms with E-state index in [1.54, 1.807) is 13.8 Å². The molecule has 0 fully saturated rings. The first-order chi connectivity index (χ1) is 2.00. The fourth-order valence-electron chi connectivity index (χ4n) is 0. The van der Waals surface area contributed by atoms with Crippen molar-refractivity contribution in [3.8, 4) is 0 Å². The Bertz CT molecular complexity index is 17.2. The summed E-state index contributed by atoms with van der Waals surface area (Å²) < 4.78 is 0. The van der Waals surface area contributed by atoms with E-state index in [1.165, 1.54) is 0 Å². The SMILES string of the molecule is [CH2-]C.[CH2-]C.[OH-].[OH-].[OH-].[OH-].[Ti+4].[Zn+2]. The molecule has 4 N–H and O–H groups in total. The van der Waals surface area contributed by atoms with E-state index in [0.29, 0.717) is 0 Å². The molecule has 0 heterocycles. The zero-order valence-electron chi connectivity index (χ0n) is 6.41. The molecule has 6 heteroatoms. The van der Waals surface area contributed by atoms with Crippen LogP contribution in [0.15, 0.2) is 0 Å². The van der Waals surface area contributed by atoms with Gasteiger partial charge >= 0.3 is 41.2 Å². The molecule has 0 saturated heterocycles. The van der Waals surface area contributed by atoms with Gasteiger partial charge in [-0.1, -0.05) is 0 Å². The van der Waals surface area contributed by atoms with Gasteiger partial charge in [-0.15, -0.1) is 0 Å². The van der Waals surface area contributed by atoms with Gasteiger partial charge in [0.05, 0.1) is 0 Å². The maximum absolute atomic E-state index is 3.25. The Balaban J connectivity index is -0.000000000833. The topological polar surface area (TPSA) is 120 Å². The molecule has 0 radical (unpaired) electrons. The Kier molecular flexibility index (Phi) is 7090. The maximum Gasteiger partial charge on any atom is 4.00 e. The zero-order chi connectivity index (χ0) is 4.00. The monoisotopic (exact) mass is 238 g/mol. The van der Waals surface area contributed by atoms with Crippen LogP contribution >= 0.6 is 0 Å². The first-order valence-electron chi connectivity index (χ1n) is 1.41. The number of hydrogen-bond acceptors (Lipinski definition) is 4. The van der Waals surface area contributed by atoms with Gasteiger partial charge in [0.15, 0.2) is 0 Å². The minimum Gasteiger partial charge on any atom is -0.870 e. The Labute approximate surface area is 90.7 Å². The molecule has 0 aromatic heterocycles. The van der Waals surface area contributed by atoms with Gasteiger partial charge in [-0.25, -0.2) is 0 Å². The average molecular weight is 239 g/mol. The van der Waals surface area contributed by atoms with E-state index < -0.39 is 0 Å². The third-order valence-corrected chi connectivity index (χ3v) is 0. The Morgan fingerprint density at radius 3 is 0.600 bits per heavy atom. The summed E-state index contributed by atoms with van der Waals surface area (Å²) in [5, 5.41) is 0. The van der Waals surface area contributed by atoms with E-state index >= 15 is 0 Å². The molecule has 60 valence electrons. The van der Waals surface area contributed by atoms with Crippen molar-refractivity contribution in [2.45, 2.75) is 13.8 Å². The van der Waals surface area contributed by atoms with Crippen molar-refractivity contribution in [2.75, 3.05) is 0 Å². The predicted molar refractivity (Wildman–Crippen MR) is 29.8 cm³/mol. The standard InChI is InChI=1S/2C2H5.4H2O.Ti.Zn/c2*1-2;;;;;;/h2*1H2,2H3;4*1H2;;/q2*-1;;;;;+4;+2/p-4. The number of hydrogen-bond donors (Lipinski definition) is 0. The van der Waals surface area contributed by atoms with Crippen molar-refractivity contribution in [3.05, 3.63) is 13.8 Å². The van der Waals surface area contributed by atoms with E-state index in [4.69, 9.17) is 0 Å². The summed E-state index contributed by atoms with van der Waals surface area (Å²) in [7, 11) is 0. The molecular weight excluding hydrogens is 225 g/mol. The van der Waals surface area contributed by atoms with Crippen LogP contribution in [-0.4, -0.2) is 21.9 Å². The summed E-state index contributed by atoms with van der Waals surface area (Å²) >= 11 is 0. The Hall–Kier alpha value is 1.18. The largest absolute Gasteiger partial charge is 4.00 e. The molecule has 0 aromatic rings. The van der Waals surface area contributed by atoms with Crippen molar-refractivity contribution in [1.29, 1.82) is 0 Å². The zero-order valence-corrected chi connectivity index (χ0v) is 10.9. The maximum atomic E-state index is 3.25. The van der Waals surface area contributed by atoms with Gasteiger partial charge in [0.2, 0.25) is 0 Å². The van der Waals surface area contributed by atoms with Gasteiger partial charge in [-0.05, 0) is 0 Å². The van der Waals surface area contributed by atoms with Crippen LogP contribution in [0.4, 0.5) is 0 Å². The average Bonchev–Trinajstić information content (AvgIpc) is 1.50. The van der Waals surface area contributed by atoms with Crippen LogP contribution in [0.2, 0.25) is 0 Å². The summed E-state index contributed by atoms with van der Waals surface area (Å²) in [6, 6.07) is 0. The summed E-state index contributed by atoms with van der Waals surface area (Å²) in [6.45, 7) is 10.0. The van der Waals surface area contributed by atoms with E-state index in [1.807, 2.05) is 0 Å². The fraction of sp³-hybridized carbons (Fsp3) is 0.500. The van der Waals surface area contributed by atoms with Crippen LogP contribution in [0.5, 0.6) is 0 Å². The minimum atomic E-state index is 0. The first kappa shape index (κ1) is 115. The third kappa shape index (κ3) is 443. The summed E-state index contributed by atoms with van der Waals surface area (Å²) in [5.74, 6) is 0. The van der Waals surface area contributed by atoms with Gasteiger partial charge in [-0.2, -0.15) is 13.8 Å². The van der Waals surface area contributed by atoms with Crippen molar-refractivity contribution in [2.24, 2.45) is 0 Å². The van der Waals surface area contributed by atoms with Crippen LogP contribution in [0.1, 0.15) is 13.8 Å². The van der Waals surface area contributed by atoms with Gasteiger partial charge in [0.1, 0.15) is 0 Å². The fourth-order valence-corrected chi connectivity index (χ4v) is 0. The molecule has 0 aliphatic carbocycles. The molecule has 0 rings (SSSR count). The van der Waals surface area contributed by atoms with Crippen molar-refractivity contribution >= 4 is 0 Å². The molecule has 0 aromatic carbocycles. The molecule has 0 spiro atoms. The van der Waals surface area contributed by atoms with E-state index in [9.17, 15) is 0 Å². The molecule has 0 atom stereocenters. The Morgan fingerprint density at radius 2 is 0.600 bits per heavy atom. The van der Waals surface area contributed by atoms with Crippen LogP contribution in [0.3, 0.4) is 0 Å². The van der Waals surface area contributed by atoms with Crippen molar-refractivity contribution in [3.63, 3.8) is 0 Å². The Morgan fingerprint density at radius 1 is 0.600 bits per heavy atom. The number of rotatable bonds is 0. The van der Waals surface area contributed by atoms with Crippen LogP contribution < -0.4 is 0 Å². The minimum absolute atomic E-state index is 0. The molecule has 0 aliphatic rings. The van der Waals surface area contributed by atoms with Crippen molar-refractivity contribution in [1.82, 2.24) is 0 Å². The second kappa shape index (κ2) is 618. The second-order valence-electron chi connectivity index (χ2n) is 0. The summed E-state index contributed by atoms with van der Waals surface area (Å²) in [4.78, 5) is 0. The van der Waals surface area contributed by atoms with Crippen LogP contribution in [0.25, 0.3) is 0 Å². The molecule has 4 nitrogen and oxygen atoms in total. The molecular formula is C4H14O4TiZn. The van der Waals surface area contributed by atoms with Gasteiger partial charge in [0.25, 0.3) is 0 Å². The van der Waals surface area contributed by atoms with Crippen molar-refractivity contribution < 1.29 is 63.1 Å². The van der Waals surface area contributed by atoms with E-state index in [-0.39, 0.29) is 63.1 Å². The smallest absolute Gasteiger partial charge is 0.870 e. The van der Waals surface area contributed by atoms with E-state index in [2.05, 4.69) is 13.8 Å². The predicted octanol–water partition coefficient (Wildman–Crippen LogP) is 0.969. The second-order valence-corrected chi connectivity index (χ2v) is 0. The third-order valence-electron chi connectivity index (χ3n) is 0. The first-order valence-corrected chi connectivity index (χ1v) is 1.41. The summed E-state index contributed by atoms with van der Waals surface area (Å²) in [6.07, 6.45) is 0. The summed E-state index contributed by atoms with van der Waals surface area (Å²) in [5.41, 5.74) is 0. The van der Waals surface area contributed by atoms with Crippen LogP contribution in [-0.2, 0) is 41.2 Å². The van der Waals surface area contributed by atoms with Gasteiger partial charge in [0, 0.05) is 0 Å². The normalized spacial score (nSPS) is 1.20. The quantitative estimate of drug-likeness (QED) is 0.462. The van der Waals surface area contributed by atoms with Gasteiger partial charge in [-0.3, -0.25) is 0 Å². The molecule has 0 bridgehead atoms. The van der Waals surface area contributed by atoms with Crippen LogP contribution in [0, 0.1) is 13.8 Å². The molecule has 10 heavy (non-hydrogen) atoms. The molecule has 0 saturated carbocycles. The molecule has 0 aliphatic heterocycles. The molecule has 0 unspecified atom stereocenters. The van der Waals surface area contributed by atoms with E-state index in [0.717, 1.165) is 0 Å². The molecule has 0 amide bonds. The van der Waals surface area contributed by atoms with Gasteiger partial charge < -0.3 is 35.8 Å².